The van der Waals surface area contributed by atoms with Crippen molar-refractivity contribution >= 4 is 35.3 Å². The molecule has 1 atom stereocenters. The summed E-state index contributed by atoms with van der Waals surface area (Å²) in [6, 6.07) is 12.8. The molecule has 9 nitrogen and oxygen atoms in total. The highest BCUT2D eigenvalue weighted by Gasteiger charge is 2.39. The maximum atomic E-state index is 12.6. The fourth-order valence-electron chi connectivity index (χ4n) is 3.53. The number of hydrogen-bond donors (Lipinski definition) is 2. The van der Waals surface area contributed by atoms with E-state index in [-0.39, 0.29) is 42.0 Å². The van der Waals surface area contributed by atoms with Crippen molar-refractivity contribution < 1.29 is 28.7 Å². The molecule has 0 saturated carbocycles. The zero-order valence-corrected chi connectivity index (χ0v) is 19.7. The highest BCUT2D eigenvalue weighted by atomic mass is 16.7. The lowest BCUT2D eigenvalue weighted by Gasteiger charge is -2.31. The Bertz CT molecular complexity index is 1060. The van der Waals surface area contributed by atoms with Gasteiger partial charge in [-0.25, -0.2) is 4.79 Å². The Labute approximate surface area is 198 Å². The molecule has 2 aromatic carbocycles. The van der Waals surface area contributed by atoms with E-state index in [4.69, 9.17) is 9.47 Å². The third-order valence-corrected chi connectivity index (χ3v) is 5.30. The largest absolute Gasteiger partial charge is 0.513 e. The molecular weight excluding hydrogens is 438 g/mol. The minimum atomic E-state index is -0.807. The molecule has 0 bridgehead atoms. The predicted molar refractivity (Wildman–Crippen MR) is 127 cm³/mol. The number of hydrogen-bond acceptors (Lipinski definition) is 6. The standard InChI is InChI=1S/C25H29N3O6/c1-5-33-24(32)34-20-12-6-16(7-13-20)22(30)26-18-8-10-19(11-9-18)27-23(31)17-14-21(29)28(15-17)25(2,3)4/h6-13,17H,5,14-15H2,1-4H3,(H,26,30)(H,27,31). The fraction of sp³-hybridized carbons (Fsp3) is 0.360. The third kappa shape index (κ3) is 6.34. The summed E-state index contributed by atoms with van der Waals surface area (Å²) in [6.07, 6.45) is -0.612. The van der Waals surface area contributed by atoms with Gasteiger partial charge in [0.2, 0.25) is 11.8 Å². The van der Waals surface area contributed by atoms with Gasteiger partial charge in [0.05, 0.1) is 12.5 Å². The van der Waals surface area contributed by atoms with Gasteiger partial charge < -0.3 is 25.0 Å². The van der Waals surface area contributed by atoms with E-state index in [0.717, 1.165) is 0 Å². The molecule has 9 heteroatoms. The van der Waals surface area contributed by atoms with Gasteiger partial charge in [0.15, 0.2) is 0 Å². The summed E-state index contributed by atoms with van der Waals surface area (Å²) in [5.41, 5.74) is 1.18. The van der Waals surface area contributed by atoms with Crippen LogP contribution in [0.4, 0.5) is 16.2 Å². The maximum absolute atomic E-state index is 12.6. The molecule has 1 unspecified atom stereocenters. The van der Waals surface area contributed by atoms with E-state index in [9.17, 15) is 19.2 Å². The molecule has 1 aliphatic heterocycles. The summed E-state index contributed by atoms with van der Waals surface area (Å²) >= 11 is 0. The van der Waals surface area contributed by atoms with E-state index in [1.165, 1.54) is 24.3 Å². The van der Waals surface area contributed by atoms with Gasteiger partial charge in [-0.05, 0) is 76.2 Å². The number of amides is 3. The van der Waals surface area contributed by atoms with Gasteiger partial charge in [-0.15, -0.1) is 0 Å². The number of nitrogens with one attached hydrogen (secondary N) is 2. The number of carbonyl (C=O) groups excluding carboxylic acids is 4. The molecule has 2 N–H and O–H groups in total. The number of benzene rings is 2. The molecule has 1 saturated heterocycles. The molecule has 3 amide bonds. The molecule has 1 aliphatic rings. The van der Waals surface area contributed by atoms with Crippen LogP contribution in [0.25, 0.3) is 0 Å². The molecule has 0 aromatic heterocycles. The van der Waals surface area contributed by atoms with Crippen molar-refractivity contribution in [3.8, 4) is 5.75 Å². The van der Waals surface area contributed by atoms with Crippen LogP contribution in [0, 0.1) is 5.92 Å². The molecule has 1 fully saturated rings. The van der Waals surface area contributed by atoms with Gasteiger partial charge in [-0.1, -0.05) is 0 Å². The lowest BCUT2D eigenvalue weighted by Crippen LogP contribution is -2.42. The first-order valence-electron chi connectivity index (χ1n) is 11.0. The number of likely N-dealkylation sites (tertiary alicyclic amines) is 1. The topological polar surface area (TPSA) is 114 Å². The van der Waals surface area contributed by atoms with Gasteiger partial charge in [0.25, 0.3) is 5.91 Å². The van der Waals surface area contributed by atoms with Crippen molar-refractivity contribution in [3.63, 3.8) is 0 Å². The zero-order chi connectivity index (χ0) is 24.9. The minimum Gasteiger partial charge on any atom is -0.434 e. The maximum Gasteiger partial charge on any atom is 0.513 e. The Morgan fingerprint density at radius 3 is 2.09 bits per heavy atom. The van der Waals surface area contributed by atoms with Crippen LogP contribution in [-0.4, -0.2) is 47.5 Å². The molecule has 180 valence electrons. The van der Waals surface area contributed by atoms with Crippen LogP contribution in [0.15, 0.2) is 48.5 Å². The molecule has 3 rings (SSSR count). The van der Waals surface area contributed by atoms with Crippen LogP contribution < -0.4 is 15.4 Å². The van der Waals surface area contributed by atoms with Crippen LogP contribution in [0.1, 0.15) is 44.5 Å². The van der Waals surface area contributed by atoms with Crippen LogP contribution in [-0.2, 0) is 14.3 Å². The SMILES string of the molecule is CCOC(=O)Oc1ccc(C(=O)Nc2ccc(NC(=O)C3CC(=O)N(C(C)(C)C)C3)cc2)cc1. The third-order valence-electron chi connectivity index (χ3n) is 5.30. The van der Waals surface area contributed by atoms with Crippen molar-refractivity contribution in [1.82, 2.24) is 4.90 Å². The zero-order valence-electron chi connectivity index (χ0n) is 19.7. The number of carbonyl (C=O) groups is 4. The van der Waals surface area contributed by atoms with E-state index < -0.39 is 12.1 Å². The van der Waals surface area contributed by atoms with Gasteiger partial charge >= 0.3 is 6.16 Å². The Hall–Kier alpha value is -3.88. The molecule has 0 spiro atoms. The predicted octanol–water partition coefficient (Wildman–Crippen LogP) is 4.06. The Balaban J connectivity index is 1.53. The first kappa shape index (κ1) is 24.8. The van der Waals surface area contributed by atoms with Crippen molar-refractivity contribution in [1.29, 1.82) is 0 Å². The monoisotopic (exact) mass is 467 g/mol. The fourth-order valence-corrected chi connectivity index (χ4v) is 3.53. The number of nitrogens with zero attached hydrogens (tertiary/aromatic N) is 1. The molecule has 34 heavy (non-hydrogen) atoms. The molecular formula is C25H29N3O6. The van der Waals surface area contributed by atoms with Crippen LogP contribution >= 0.6 is 0 Å². The molecule has 1 heterocycles. The normalized spacial score (nSPS) is 15.6. The van der Waals surface area contributed by atoms with Crippen LogP contribution in [0.3, 0.4) is 0 Å². The van der Waals surface area contributed by atoms with Gasteiger partial charge in [-0.2, -0.15) is 0 Å². The van der Waals surface area contributed by atoms with Crippen molar-refractivity contribution in [3.05, 3.63) is 54.1 Å². The number of ether oxygens (including phenoxy) is 2. The highest BCUT2D eigenvalue weighted by molar-refractivity contribution is 6.04. The van der Waals surface area contributed by atoms with E-state index in [2.05, 4.69) is 10.6 Å². The highest BCUT2D eigenvalue weighted by Crippen LogP contribution is 2.27. The second-order valence-electron chi connectivity index (χ2n) is 8.91. The lowest BCUT2D eigenvalue weighted by molar-refractivity contribution is -0.131. The number of rotatable bonds is 6. The van der Waals surface area contributed by atoms with Crippen LogP contribution in [0.2, 0.25) is 0 Å². The first-order chi connectivity index (χ1) is 16.1. The van der Waals surface area contributed by atoms with E-state index >= 15 is 0 Å². The Kier molecular flexibility index (Phi) is 7.55. The summed E-state index contributed by atoms with van der Waals surface area (Å²) in [6.45, 7) is 8.12. The molecule has 0 radical (unpaired) electrons. The van der Waals surface area contributed by atoms with Gasteiger partial charge in [0, 0.05) is 35.4 Å². The van der Waals surface area contributed by atoms with Gasteiger partial charge in [-0.3, -0.25) is 14.4 Å². The van der Waals surface area contributed by atoms with Crippen molar-refractivity contribution in [2.75, 3.05) is 23.8 Å². The number of anilines is 2. The summed E-state index contributed by atoms with van der Waals surface area (Å²) in [4.78, 5) is 50.4. The summed E-state index contributed by atoms with van der Waals surface area (Å²) < 4.78 is 9.67. The second-order valence-corrected chi connectivity index (χ2v) is 8.91. The van der Waals surface area contributed by atoms with E-state index in [1.54, 1.807) is 36.1 Å². The summed E-state index contributed by atoms with van der Waals surface area (Å²) in [5.74, 6) is -0.703. The van der Waals surface area contributed by atoms with Gasteiger partial charge in [0.1, 0.15) is 5.75 Å². The quantitative estimate of drug-likeness (QED) is 0.489. The summed E-state index contributed by atoms with van der Waals surface area (Å²) in [5, 5.41) is 5.60. The summed E-state index contributed by atoms with van der Waals surface area (Å²) in [7, 11) is 0. The van der Waals surface area contributed by atoms with E-state index in [0.29, 0.717) is 23.5 Å². The average Bonchev–Trinajstić information content (AvgIpc) is 3.18. The first-order valence-corrected chi connectivity index (χ1v) is 11.0. The van der Waals surface area contributed by atoms with Crippen LogP contribution in [0.5, 0.6) is 5.75 Å². The van der Waals surface area contributed by atoms with Crippen molar-refractivity contribution in [2.24, 2.45) is 5.92 Å². The van der Waals surface area contributed by atoms with Crippen molar-refractivity contribution in [2.45, 2.75) is 39.7 Å². The average molecular weight is 468 g/mol. The molecule has 2 aromatic rings. The smallest absolute Gasteiger partial charge is 0.434 e. The lowest BCUT2D eigenvalue weighted by atomic mass is 10.1. The molecule has 0 aliphatic carbocycles. The minimum absolute atomic E-state index is 0.0220. The Morgan fingerprint density at radius 2 is 1.56 bits per heavy atom. The van der Waals surface area contributed by atoms with E-state index in [1.807, 2.05) is 20.8 Å². The Morgan fingerprint density at radius 1 is 0.971 bits per heavy atom. The second kappa shape index (κ2) is 10.4.